The normalized spacial score (nSPS) is 22.0. The summed E-state index contributed by atoms with van der Waals surface area (Å²) in [6.45, 7) is 2.82. The number of hydrogen-bond donors (Lipinski definition) is 2. The van der Waals surface area contributed by atoms with Crippen molar-refractivity contribution in [2.45, 2.75) is 6.42 Å². The Morgan fingerprint density at radius 2 is 2.11 bits per heavy atom. The van der Waals surface area contributed by atoms with Crippen LogP contribution in [-0.4, -0.2) is 48.5 Å². The van der Waals surface area contributed by atoms with Crippen LogP contribution in [0.2, 0.25) is 0 Å². The summed E-state index contributed by atoms with van der Waals surface area (Å²) in [5.74, 6) is 1.66. The lowest BCUT2D eigenvalue weighted by molar-refractivity contribution is 0.120. The molecule has 1 aromatic carbocycles. The SMILES string of the molecule is CN1CCC(C(CO)COc2ccc(O)cc2)C1. The molecule has 0 spiro atoms. The second-order valence-electron chi connectivity index (χ2n) is 5.06. The Morgan fingerprint density at radius 1 is 1.39 bits per heavy atom. The van der Waals surface area contributed by atoms with Crippen molar-refractivity contribution in [2.24, 2.45) is 11.8 Å². The van der Waals surface area contributed by atoms with Crippen molar-refractivity contribution in [1.29, 1.82) is 0 Å². The summed E-state index contributed by atoms with van der Waals surface area (Å²) < 4.78 is 5.67. The van der Waals surface area contributed by atoms with E-state index < -0.39 is 0 Å². The van der Waals surface area contributed by atoms with Gasteiger partial charge in [0, 0.05) is 19.1 Å². The summed E-state index contributed by atoms with van der Waals surface area (Å²) in [5, 5.41) is 18.6. The minimum atomic E-state index is 0.163. The lowest BCUT2D eigenvalue weighted by Gasteiger charge is -2.21. The van der Waals surface area contributed by atoms with Gasteiger partial charge < -0.3 is 19.8 Å². The first-order valence-electron chi connectivity index (χ1n) is 6.40. The molecule has 4 nitrogen and oxygen atoms in total. The van der Waals surface area contributed by atoms with E-state index in [1.54, 1.807) is 24.3 Å². The highest BCUT2D eigenvalue weighted by atomic mass is 16.5. The van der Waals surface area contributed by atoms with Crippen LogP contribution < -0.4 is 4.74 Å². The number of ether oxygens (including phenoxy) is 1. The number of benzene rings is 1. The number of nitrogens with zero attached hydrogens (tertiary/aromatic N) is 1. The average molecular weight is 251 g/mol. The number of rotatable bonds is 5. The fraction of sp³-hybridized carbons (Fsp3) is 0.571. The molecule has 18 heavy (non-hydrogen) atoms. The largest absolute Gasteiger partial charge is 0.508 e. The molecule has 1 fully saturated rings. The standard InChI is InChI=1S/C14H21NO3/c1-15-7-6-11(8-15)12(9-16)10-18-14-4-2-13(17)3-5-14/h2-5,11-12,16-17H,6-10H2,1H3. The van der Waals surface area contributed by atoms with Crippen molar-refractivity contribution in [3.05, 3.63) is 24.3 Å². The van der Waals surface area contributed by atoms with Crippen LogP contribution in [0.5, 0.6) is 11.5 Å². The summed E-state index contributed by atoms with van der Waals surface area (Å²) in [5.41, 5.74) is 0. The van der Waals surface area contributed by atoms with E-state index in [-0.39, 0.29) is 18.3 Å². The van der Waals surface area contributed by atoms with Gasteiger partial charge in [-0.2, -0.15) is 0 Å². The van der Waals surface area contributed by atoms with Gasteiger partial charge in [0.1, 0.15) is 11.5 Å². The number of aliphatic hydroxyl groups excluding tert-OH is 1. The minimum Gasteiger partial charge on any atom is -0.508 e. The van der Waals surface area contributed by atoms with Crippen molar-refractivity contribution in [2.75, 3.05) is 33.4 Å². The summed E-state index contributed by atoms with van der Waals surface area (Å²) in [7, 11) is 2.11. The molecule has 2 rings (SSSR count). The maximum atomic E-state index is 9.46. The molecule has 100 valence electrons. The fourth-order valence-corrected chi connectivity index (χ4v) is 2.44. The van der Waals surface area contributed by atoms with Gasteiger partial charge in [0.2, 0.25) is 0 Å². The Morgan fingerprint density at radius 3 is 2.67 bits per heavy atom. The van der Waals surface area contributed by atoms with E-state index in [4.69, 9.17) is 4.74 Å². The Hall–Kier alpha value is -1.26. The van der Waals surface area contributed by atoms with Crippen molar-refractivity contribution >= 4 is 0 Å². The molecule has 1 aromatic rings. The number of hydrogen-bond acceptors (Lipinski definition) is 4. The minimum absolute atomic E-state index is 0.163. The van der Waals surface area contributed by atoms with Crippen LogP contribution in [-0.2, 0) is 0 Å². The number of likely N-dealkylation sites (tertiary alicyclic amines) is 1. The predicted molar refractivity (Wildman–Crippen MR) is 69.8 cm³/mol. The first kappa shape index (κ1) is 13.2. The number of phenols is 1. The molecule has 0 bridgehead atoms. The van der Waals surface area contributed by atoms with E-state index in [2.05, 4.69) is 11.9 Å². The van der Waals surface area contributed by atoms with Crippen LogP contribution in [0.3, 0.4) is 0 Å². The predicted octanol–water partition coefficient (Wildman–Crippen LogP) is 1.33. The van der Waals surface area contributed by atoms with Crippen LogP contribution in [0.15, 0.2) is 24.3 Å². The van der Waals surface area contributed by atoms with Gasteiger partial charge in [-0.15, -0.1) is 0 Å². The van der Waals surface area contributed by atoms with Crippen LogP contribution in [0, 0.1) is 11.8 Å². The molecule has 2 N–H and O–H groups in total. The number of phenolic OH excluding ortho intramolecular Hbond substituents is 1. The third-order valence-electron chi connectivity index (χ3n) is 3.63. The molecule has 4 heteroatoms. The summed E-state index contributed by atoms with van der Waals surface area (Å²) >= 11 is 0. The number of aromatic hydroxyl groups is 1. The van der Waals surface area contributed by atoms with Crippen LogP contribution in [0.4, 0.5) is 0 Å². The van der Waals surface area contributed by atoms with Gasteiger partial charge in [0.05, 0.1) is 6.61 Å². The maximum absolute atomic E-state index is 9.46. The second-order valence-corrected chi connectivity index (χ2v) is 5.06. The van der Waals surface area contributed by atoms with Crippen molar-refractivity contribution in [3.8, 4) is 11.5 Å². The number of aliphatic hydroxyl groups is 1. The van der Waals surface area contributed by atoms with Crippen molar-refractivity contribution in [3.63, 3.8) is 0 Å². The Labute approximate surface area is 108 Å². The molecule has 2 unspecified atom stereocenters. The average Bonchev–Trinajstić information content (AvgIpc) is 2.79. The zero-order valence-corrected chi connectivity index (χ0v) is 10.7. The van der Waals surface area contributed by atoms with E-state index in [0.29, 0.717) is 12.5 Å². The molecule has 1 saturated heterocycles. The lowest BCUT2D eigenvalue weighted by atomic mass is 9.93. The molecule has 2 atom stereocenters. The summed E-state index contributed by atoms with van der Waals surface area (Å²) in [6.07, 6.45) is 1.13. The highest BCUT2D eigenvalue weighted by Gasteiger charge is 2.27. The lowest BCUT2D eigenvalue weighted by Crippen LogP contribution is -2.27. The van der Waals surface area contributed by atoms with Crippen molar-refractivity contribution < 1.29 is 14.9 Å². The molecule has 0 aromatic heterocycles. The summed E-state index contributed by atoms with van der Waals surface area (Å²) in [6, 6.07) is 6.69. The van der Waals surface area contributed by atoms with Gasteiger partial charge in [-0.1, -0.05) is 0 Å². The van der Waals surface area contributed by atoms with Gasteiger partial charge in [-0.05, 0) is 50.2 Å². The van der Waals surface area contributed by atoms with Crippen LogP contribution in [0.1, 0.15) is 6.42 Å². The van der Waals surface area contributed by atoms with E-state index in [1.165, 1.54) is 0 Å². The molecule has 1 aliphatic heterocycles. The molecule has 1 aliphatic rings. The van der Waals surface area contributed by atoms with Gasteiger partial charge in [-0.25, -0.2) is 0 Å². The van der Waals surface area contributed by atoms with Gasteiger partial charge in [0.25, 0.3) is 0 Å². The Kier molecular flexibility index (Phi) is 4.44. The van der Waals surface area contributed by atoms with Crippen molar-refractivity contribution in [1.82, 2.24) is 4.90 Å². The highest BCUT2D eigenvalue weighted by molar-refractivity contribution is 5.30. The molecule has 0 aliphatic carbocycles. The van der Waals surface area contributed by atoms with Gasteiger partial charge >= 0.3 is 0 Å². The monoisotopic (exact) mass is 251 g/mol. The maximum Gasteiger partial charge on any atom is 0.119 e. The second kappa shape index (κ2) is 6.07. The zero-order valence-electron chi connectivity index (χ0n) is 10.7. The van der Waals surface area contributed by atoms with Crippen LogP contribution >= 0.6 is 0 Å². The van der Waals surface area contributed by atoms with Gasteiger partial charge in [-0.3, -0.25) is 0 Å². The van der Waals surface area contributed by atoms with E-state index in [1.807, 2.05) is 0 Å². The molecule has 0 saturated carbocycles. The first-order chi connectivity index (χ1) is 8.69. The molecular weight excluding hydrogens is 230 g/mol. The topological polar surface area (TPSA) is 52.9 Å². The third kappa shape index (κ3) is 3.37. The third-order valence-corrected chi connectivity index (χ3v) is 3.63. The first-order valence-corrected chi connectivity index (χ1v) is 6.40. The van der Waals surface area contributed by atoms with Crippen LogP contribution in [0.25, 0.3) is 0 Å². The van der Waals surface area contributed by atoms with E-state index in [9.17, 15) is 10.2 Å². The van der Waals surface area contributed by atoms with Gasteiger partial charge in [0.15, 0.2) is 0 Å². The molecule has 0 amide bonds. The smallest absolute Gasteiger partial charge is 0.119 e. The molecular formula is C14H21NO3. The Balaban J connectivity index is 1.85. The van der Waals surface area contributed by atoms with E-state index in [0.717, 1.165) is 25.3 Å². The fourth-order valence-electron chi connectivity index (χ4n) is 2.44. The Bertz CT molecular complexity index is 366. The molecule has 0 radical (unpaired) electrons. The quantitative estimate of drug-likeness (QED) is 0.829. The van der Waals surface area contributed by atoms with E-state index >= 15 is 0 Å². The zero-order chi connectivity index (χ0) is 13.0. The molecule has 1 heterocycles. The highest BCUT2D eigenvalue weighted by Crippen LogP contribution is 2.24. The summed E-state index contributed by atoms with van der Waals surface area (Å²) in [4.78, 5) is 2.29.